The molecule has 1 aromatic rings. The van der Waals surface area contributed by atoms with Gasteiger partial charge in [-0.05, 0) is 49.3 Å². The first-order valence-electron chi connectivity index (χ1n) is 6.92. The summed E-state index contributed by atoms with van der Waals surface area (Å²) in [6, 6.07) is 6.12. The van der Waals surface area contributed by atoms with Gasteiger partial charge in [-0.25, -0.2) is 0 Å². The second-order valence-electron chi connectivity index (χ2n) is 6.08. The van der Waals surface area contributed by atoms with Crippen molar-refractivity contribution in [1.82, 2.24) is 0 Å². The van der Waals surface area contributed by atoms with Crippen molar-refractivity contribution in [1.29, 1.82) is 0 Å². The van der Waals surface area contributed by atoms with Crippen molar-refractivity contribution >= 4 is 21.7 Å². The van der Waals surface area contributed by atoms with E-state index in [4.69, 9.17) is 4.74 Å². The molecule has 0 saturated heterocycles. The van der Waals surface area contributed by atoms with Crippen LogP contribution in [0, 0.1) is 11.3 Å². The largest absolute Gasteiger partial charge is 0.381 e. The van der Waals surface area contributed by atoms with Crippen LogP contribution in [0.25, 0.3) is 0 Å². The van der Waals surface area contributed by atoms with Gasteiger partial charge in [-0.1, -0.05) is 28.9 Å². The van der Waals surface area contributed by atoms with Crippen LogP contribution in [0.4, 0.5) is 0 Å². The molecule has 0 amide bonds. The first kappa shape index (κ1) is 13.3. The van der Waals surface area contributed by atoms with Crippen molar-refractivity contribution in [3.63, 3.8) is 0 Å². The van der Waals surface area contributed by atoms with Crippen LogP contribution < -0.4 is 0 Å². The van der Waals surface area contributed by atoms with E-state index in [0.717, 1.165) is 35.7 Å². The molecule has 2 nitrogen and oxygen atoms in total. The third kappa shape index (κ3) is 2.07. The van der Waals surface area contributed by atoms with E-state index in [0.29, 0.717) is 17.8 Å². The van der Waals surface area contributed by atoms with Crippen LogP contribution >= 0.6 is 15.9 Å². The summed E-state index contributed by atoms with van der Waals surface area (Å²) in [6.07, 6.45) is 4.14. The number of hydrogen-bond acceptors (Lipinski definition) is 2. The molecular formula is C16H19BrO2. The van der Waals surface area contributed by atoms with Crippen molar-refractivity contribution in [2.45, 2.75) is 38.7 Å². The molecule has 102 valence electrons. The lowest BCUT2D eigenvalue weighted by Crippen LogP contribution is -2.40. The van der Waals surface area contributed by atoms with Crippen molar-refractivity contribution in [3.05, 3.63) is 33.8 Å². The molecule has 0 radical (unpaired) electrons. The van der Waals surface area contributed by atoms with Crippen LogP contribution in [0.2, 0.25) is 0 Å². The van der Waals surface area contributed by atoms with Gasteiger partial charge < -0.3 is 4.74 Å². The van der Waals surface area contributed by atoms with Crippen molar-refractivity contribution in [2.24, 2.45) is 11.3 Å². The number of carbonyl (C=O) groups is 1. The molecule has 3 rings (SSSR count). The van der Waals surface area contributed by atoms with E-state index in [9.17, 15) is 4.79 Å². The summed E-state index contributed by atoms with van der Waals surface area (Å²) in [5.74, 6) is 0.811. The van der Waals surface area contributed by atoms with Gasteiger partial charge in [0.05, 0.1) is 6.10 Å². The number of benzene rings is 1. The lowest BCUT2D eigenvalue weighted by Gasteiger charge is -2.39. The van der Waals surface area contributed by atoms with E-state index in [1.807, 2.05) is 12.1 Å². The smallest absolute Gasteiger partial charge is 0.169 e. The minimum atomic E-state index is -0.155. The molecule has 3 heteroatoms. The van der Waals surface area contributed by atoms with Crippen LogP contribution in [0.15, 0.2) is 22.7 Å². The summed E-state index contributed by atoms with van der Waals surface area (Å²) in [7, 11) is 1.78. The van der Waals surface area contributed by atoms with E-state index in [-0.39, 0.29) is 5.41 Å². The van der Waals surface area contributed by atoms with Gasteiger partial charge in [-0.15, -0.1) is 0 Å². The van der Waals surface area contributed by atoms with E-state index >= 15 is 0 Å². The zero-order chi connectivity index (χ0) is 13.6. The topological polar surface area (TPSA) is 26.3 Å². The van der Waals surface area contributed by atoms with Crippen molar-refractivity contribution < 1.29 is 9.53 Å². The highest BCUT2D eigenvalue weighted by Crippen LogP contribution is 2.49. The first-order chi connectivity index (χ1) is 9.05. The highest BCUT2D eigenvalue weighted by molar-refractivity contribution is 9.10. The molecule has 0 unspecified atom stereocenters. The van der Waals surface area contributed by atoms with Gasteiger partial charge in [0.2, 0.25) is 0 Å². The number of ether oxygens (including phenoxy) is 1. The van der Waals surface area contributed by atoms with Crippen molar-refractivity contribution in [3.8, 4) is 0 Å². The number of rotatable bonds is 1. The highest BCUT2D eigenvalue weighted by atomic mass is 79.9. The summed E-state index contributed by atoms with van der Waals surface area (Å²) in [5, 5.41) is 0. The second-order valence-corrected chi connectivity index (χ2v) is 7.00. The molecule has 3 atom stereocenters. The maximum absolute atomic E-state index is 12.8. The van der Waals surface area contributed by atoms with Gasteiger partial charge in [0, 0.05) is 22.6 Å². The zero-order valence-corrected chi connectivity index (χ0v) is 13.0. The molecule has 0 aliphatic heterocycles. The highest BCUT2D eigenvalue weighted by Gasteiger charge is 2.49. The average molecular weight is 323 g/mol. The van der Waals surface area contributed by atoms with Gasteiger partial charge in [-0.2, -0.15) is 0 Å². The minimum absolute atomic E-state index is 0.155. The standard InChI is InChI=1S/C16H19BrO2/c1-10-8-16(6-5-14(10)19-2)9-11-3-4-12(17)7-13(11)15(16)18/h3-4,7,10,14H,5-6,8-9H2,1-2H3/t10-,14-,16-/m0/s1. The van der Waals surface area contributed by atoms with Crippen LogP contribution in [-0.2, 0) is 11.2 Å². The average Bonchev–Trinajstić information content (AvgIpc) is 2.64. The Bertz CT molecular complexity index is 525. The van der Waals surface area contributed by atoms with E-state index in [2.05, 4.69) is 28.9 Å². The van der Waals surface area contributed by atoms with E-state index in [1.165, 1.54) is 5.56 Å². The summed E-state index contributed by atoms with van der Waals surface area (Å²) in [6.45, 7) is 2.21. The monoisotopic (exact) mass is 322 g/mol. The number of hydrogen-bond donors (Lipinski definition) is 0. The molecule has 2 aliphatic rings. The number of carbonyl (C=O) groups excluding carboxylic acids is 1. The predicted octanol–water partition coefficient (Wildman–Crippen LogP) is 4.01. The normalized spacial score (nSPS) is 33.7. The predicted molar refractivity (Wildman–Crippen MR) is 78.4 cm³/mol. The Morgan fingerprint density at radius 2 is 2.21 bits per heavy atom. The fraction of sp³-hybridized carbons (Fsp3) is 0.562. The molecule has 0 N–H and O–H groups in total. The molecule has 1 saturated carbocycles. The Labute approximate surface area is 122 Å². The summed E-state index contributed by atoms with van der Waals surface area (Å²) < 4.78 is 6.51. The Kier molecular flexibility index (Phi) is 3.30. The Balaban J connectivity index is 1.91. The molecule has 0 aromatic heterocycles. The van der Waals surface area contributed by atoms with Crippen LogP contribution in [0.1, 0.15) is 42.1 Å². The van der Waals surface area contributed by atoms with Gasteiger partial charge in [0.25, 0.3) is 0 Å². The summed E-state index contributed by atoms with van der Waals surface area (Å²) in [5.41, 5.74) is 1.99. The molecule has 2 aliphatic carbocycles. The lowest BCUT2D eigenvalue weighted by molar-refractivity contribution is -0.00679. The fourth-order valence-corrected chi connectivity index (χ4v) is 4.28. The first-order valence-corrected chi connectivity index (χ1v) is 7.71. The Morgan fingerprint density at radius 1 is 1.42 bits per heavy atom. The van der Waals surface area contributed by atoms with E-state index < -0.39 is 0 Å². The molecule has 19 heavy (non-hydrogen) atoms. The number of fused-ring (bicyclic) bond motifs is 1. The SMILES string of the molecule is CO[C@H]1CC[C@@]2(Cc3ccc(Br)cc3C2=O)C[C@@H]1C. The lowest BCUT2D eigenvalue weighted by atomic mass is 9.66. The van der Waals surface area contributed by atoms with Gasteiger partial charge in [0.1, 0.15) is 0 Å². The number of halogens is 1. The van der Waals surface area contributed by atoms with Gasteiger partial charge >= 0.3 is 0 Å². The van der Waals surface area contributed by atoms with Gasteiger partial charge in [-0.3, -0.25) is 4.79 Å². The maximum atomic E-state index is 12.8. The number of methoxy groups -OCH3 is 1. The molecular weight excluding hydrogens is 304 g/mol. The molecule has 1 fully saturated rings. The second kappa shape index (κ2) is 4.71. The molecule has 1 aromatic carbocycles. The summed E-state index contributed by atoms with van der Waals surface area (Å²) >= 11 is 3.47. The minimum Gasteiger partial charge on any atom is -0.381 e. The quantitative estimate of drug-likeness (QED) is 0.780. The van der Waals surface area contributed by atoms with Gasteiger partial charge in [0.15, 0.2) is 5.78 Å². The number of ketones is 1. The Hall–Kier alpha value is -0.670. The Morgan fingerprint density at radius 3 is 2.89 bits per heavy atom. The molecule has 1 spiro atoms. The third-order valence-corrected chi connectivity index (χ3v) is 5.38. The van der Waals surface area contributed by atoms with Crippen LogP contribution in [-0.4, -0.2) is 19.0 Å². The van der Waals surface area contributed by atoms with Crippen LogP contribution in [0.5, 0.6) is 0 Å². The molecule has 0 bridgehead atoms. The summed E-state index contributed by atoms with van der Waals surface area (Å²) in [4.78, 5) is 12.8. The number of Topliss-reactive ketones (excluding diaryl/α,β-unsaturated/α-hetero) is 1. The maximum Gasteiger partial charge on any atom is 0.169 e. The third-order valence-electron chi connectivity index (χ3n) is 4.88. The fourth-order valence-electron chi connectivity index (χ4n) is 3.91. The van der Waals surface area contributed by atoms with Crippen molar-refractivity contribution in [2.75, 3.05) is 7.11 Å². The zero-order valence-electron chi connectivity index (χ0n) is 11.4. The van der Waals surface area contributed by atoms with Crippen LogP contribution in [0.3, 0.4) is 0 Å². The van der Waals surface area contributed by atoms with E-state index in [1.54, 1.807) is 7.11 Å². The molecule has 0 heterocycles.